The van der Waals surface area contributed by atoms with Crippen molar-refractivity contribution < 1.29 is 9.50 Å². The number of aromatic nitrogens is 3. The van der Waals surface area contributed by atoms with E-state index >= 15 is 0 Å². The Kier molecular flexibility index (Phi) is 4.64. The maximum atomic E-state index is 13.4. The number of H-pyrrole nitrogens is 1. The fourth-order valence-electron chi connectivity index (χ4n) is 5.06. The van der Waals surface area contributed by atoms with Gasteiger partial charge < -0.3 is 15.4 Å². The highest BCUT2D eigenvalue weighted by Crippen LogP contribution is 2.40. The topological polar surface area (TPSA) is 97.9 Å². The highest BCUT2D eigenvalue weighted by Gasteiger charge is 2.42. The first-order chi connectivity index (χ1) is 15.7. The highest BCUT2D eigenvalue weighted by molar-refractivity contribution is 5.93. The van der Waals surface area contributed by atoms with Crippen molar-refractivity contribution in [2.75, 3.05) is 6.54 Å². The molecule has 2 aliphatic heterocycles. The first kappa shape index (κ1) is 19.4. The maximum Gasteiger partial charge on any atom is 0.138 e. The Labute approximate surface area is 184 Å². The van der Waals surface area contributed by atoms with Gasteiger partial charge in [-0.3, -0.25) is 10.4 Å². The van der Waals surface area contributed by atoms with Crippen LogP contribution in [-0.4, -0.2) is 32.6 Å². The number of aromatic hydroxyl groups is 1. The number of pyridine rings is 2. The zero-order valence-electron chi connectivity index (χ0n) is 17.2. The number of benzene rings is 1. The number of hydrogen-bond donors (Lipinski definition) is 5. The average Bonchev–Trinajstić information content (AvgIpc) is 3.43. The van der Waals surface area contributed by atoms with Crippen LogP contribution >= 0.6 is 0 Å². The molecule has 5 heterocycles. The normalized spacial score (nSPS) is 25.2. The summed E-state index contributed by atoms with van der Waals surface area (Å²) < 4.78 is 13.4. The van der Waals surface area contributed by atoms with Gasteiger partial charge in [0.25, 0.3) is 0 Å². The molecule has 0 aliphatic carbocycles. The number of hydrazine groups is 1. The van der Waals surface area contributed by atoms with Crippen LogP contribution in [0.25, 0.3) is 22.2 Å². The minimum absolute atomic E-state index is 0.0881. The number of nitrogens with one attached hydrogen (secondary N) is 4. The summed E-state index contributed by atoms with van der Waals surface area (Å²) in [6, 6.07) is 12.9. The molecule has 0 bridgehead atoms. The molecule has 5 N–H and O–H groups in total. The number of halogens is 1. The Balaban J connectivity index is 1.32. The summed E-state index contributed by atoms with van der Waals surface area (Å²) in [4.78, 5) is 12.2. The van der Waals surface area contributed by atoms with Crippen LogP contribution in [0.5, 0.6) is 5.75 Å². The van der Waals surface area contributed by atoms with Gasteiger partial charge in [-0.05, 0) is 53.4 Å². The van der Waals surface area contributed by atoms with Gasteiger partial charge in [0.2, 0.25) is 0 Å². The first-order valence-corrected chi connectivity index (χ1v) is 10.8. The van der Waals surface area contributed by atoms with Crippen LogP contribution in [0.3, 0.4) is 0 Å². The van der Waals surface area contributed by atoms with Crippen LogP contribution in [0, 0.1) is 11.7 Å². The predicted molar refractivity (Wildman–Crippen MR) is 119 cm³/mol. The molecule has 2 saturated heterocycles. The van der Waals surface area contributed by atoms with Gasteiger partial charge in [0.15, 0.2) is 0 Å². The second-order valence-electron chi connectivity index (χ2n) is 8.56. The van der Waals surface area contributed by atoms with Crippen molar-refractivity contribution in [3.05, 3.63) is 78.1 Å². The van der Waals surface area contributed by atoms with Crippen molar-refractivity contribution >= 4 is 11.0 Å². The van der Waals surface area contributed by atoms with Crippen molar-refractivity contribution in [3.8, 4) is 16.9 Å². The number of piperidine rings is 1. The third-order valence-electron chi connectivity index (χ3n) is 6.65. The van der Waals surface area contributed by atoms with E-state index in [1.807, 2.05) is 12.3 Å². The van der Waals surface area contributed by atoms with Crippen LogP contribution in [0.4, 0.5) is 4.39 Å². The van der Waals surface area contributed by atoms with Crippen molar-refractivity contribution in [3.63, 3.8) is 0 Å². The zero-order chi connectivity index (χ0) is 21.7. The lowest BCUT2D eigenvalue weighted by molar-refractivity contribution is 0.265. The Bertz CT molecular complexity index is 1270. The van der Waals surface area contributed by atoms with E-state index in [-0.39, 0.29) is 29.7 Å². The van der Waals surface area contributed by atoms with Crippen molar-refractivity contribution in [1.29, 1.82) is 0 Å². The molecule has 0 saturated carbocycles. The smallest absolute Gasteiger partial charge is 0.138 e. The summed E-state index contributed by atoms with van der Waals surface area (Å²) in [6.45, 7) is 0.813. The largest absolute Gasteiger partial charge is 0.506 e. The fourth-order valence-corrected chi connectivity index (χ4v) is 5.06. The number of fused-ring (bicyclic) bond motifs is 2. The summed E-state index contributed by atoms with van der Waals surface area (Å²) in [5.74, 6) is 0.273. The standard InChI is InChI=1S/C24H23FN6O/c25-15-3-1-13(2-4-15)17-5-6-27-24-18(17)8-21(29-24)23-19-9-20(28-12-22(19)30-31-23)14-7-16(32)11-26-10-14/h1-8,10-11,19-20,22-23,28,30-32H,9,12H2,(H,27,29). The third-order valence-corrected chi connectivity index (χ3v) is 6.65. The number of nitrogens with zero attached hydrogens (tertiary/aromatic N) is 2. The Morgan fingerprint density at radius 1 is 1.03 bits per heavy atom. The zero-order valence-corrected chi connectivity index (χ0v) is 17.2. The van der Waals surface area contributed by atoms with E-state index in [1.165, 1.54) is 18.3 Å². The lowest BCUT2D eigenvalue weighted by atomic mass is 9.81. The van der Waals surface area contributed by atoms with Gasteiger partial charge in [-0.1, -0.05) is 12.1 Å². The van der Waals surface area contributed by atoms with Crippen molar-refractivity contribution in [2.45, 2.75) is 24.5 Å². The van der Waals surface area contributed by atoms with E-state index in [4.69, 9.17) is 0 Å². The SMILES string of the molecule is Oc1cncc(C2CC3C(CN2)NNC3c2cc3c(-c4ccc(F)cc4)ccnc3[nH]2)c1. The summed E-state index contributed by atoms with van der Waals surface area (Å²) in [7, 11) is 0. The minimum atomic E-state index is -0.247. The second-order valence-corrected chi connectivity index (χ2v) is 8.56. The molecule has 7 nitrogen and oxygen atoms in total. The van der Waals surface area contributed by atoms with Gasteiger partial charge in [0.05, 0.1) is 12.2 Å². The van der Waals surface area contributed by atoms with Crippen molar-refractivity contribution in [1.82, 2.24) is 31.1 Å². The molecule has 0 radical (unpaired) electrons. The fraction of sp³-hybridized carbons (Fsp3) is 0.250. The van der Waals surface area contributed by atoms with E-state index in [1.54, 1.807) is 24.4 Å². The molecule has 8 heteroatoms. The summed E-state index contributed by atoms with van der Waals surface area (Å²) in [5, 5.41) is 14.4. The van der Waals surface area contributed by atoms with Crippen LogP contribution in [0.15, 0.2) is 61.1 Å². The molecule has 4 aromatic rings. The van der Waals surface area contributed by atoms with E-state index < -0.39 is 0 Å². The summed E-state index contributed by atoms with van der Waals surface area (Å²) in [5.41, 5.74) is 11.7. The Morgan fingerprint density at radius 2 is 1.91 bits per heavy atom. The van der Waals surface area contributed by atoms with Crippen LogP contribution in [0.1, 0.15) is 29.8 Å². The maximum absolute atomic E-state index is 13.4. The molecule has 4 unspecified atom stereocenters. The molecule has 2 fully saturated rings. The molecule has 2 aliphatic rings. The number of hydrogen-bond acceptors (Lipinski definition) is 6. The average molecular weight is 430 g/mol. The third kappa shape index (κ3) is 3.33. The predicted octanol–water partition coefficient (Wildman–Crippen LogP) is 3.34. The van der Waals surface area contributed by atoms with Gasteiger partial charge in [0.1, 0.15) is 17.2 Å². The highest BCUT2D eigenvalue weighted by atomic mass is 19.1. The van der Waals surface area contributed by atoms with Crippen LogP contribution < -0.4 is 16.2 Å². The van der Waals surface area contributed by atoms with E-state index in [9.17, 15) is 9.50 Å². The molecular formula is C24H23FN6O. The molecule has 162 valence electrons. The first-order valence-electron chi connectivity index (χ1n) is 10.8. The molecule has 0 spiro atoms. The molecule has 6 rings (SSSR count). The number of aromatic amines is 1. The van der Waals surface area contributed by atoms with E-state index in [0.29, 0.717) is 5.92 Å². The van der Waals surface area contributed by atoms with Gasteiger partial charge in [-0.15, -0.1) is 0 Å². The Hall–Kier alpha value is -3.33. The van der Waals surface area contributed by atoms with Crippen LogP contribution in [-0.2, 0) is 0 Å². The van der Waals surface area contributed by atoms with Crippen molar-refractivity contribution in [2.24, 2.45) is 5.92 Å². The minimum Gasteiger partial charge on any atom is -0.506 e. The van der Waals surface area contributed by atoms with Crippen LogP contribution in [0.2, 0.25) is 0 Å². The quantitative estimate of drug-likeness (QED) is 0.342. The molecular weight excluding hydrogens is 407 g/mol. The molecule has 4 atom stereocenters. The number of rotatable bonds is 3. The lowest BCUT2D eigenvalue weighted by Gasteiger charge is -2.34. The molecule has 32 heavy (non-hydrogen) atoms. The second kappa shape index (κ2) is 7.67. The van der Waals surface area contributed by atoms with E-state index in [2.05, 4.69) is 37.2 Å². The van der Waals surface area contributed by atoms with Gasteiger partial charge in [0, 0.05) is 48.0 Å². The van der Waals surface area contributed by atoms with E-state index in [0.717, 1.165) is 46.4 Å². The Morgan fingerprint density at radius 3 is 2.75 bits per heavy atom. The van der Waals surface area contributed by atoms with Gasteiger partial charge in [-0.25, -0.2) is 14.8 Å². The van der Waals surface area contributed by atoms with Gasteiger partial charge >= 0.3 is 0 Å². The summed E-state index contributed by atoms with van der Waals surface area (Å²) in [6.07, 6.45) is 5.94. The monoisotopic (exact) mass is 430 g/mol. The molecule has 1 aromatic carbocycles. The van der Waals surface area contributed by atoms with Gasteiger partial charge in [-0.2, -0.15) is 0 Å². The lowest BCUT2D eigenvalue weighted by Crippen LogP contribution is -2.46. The molecule has 3 aromatic heterocycles. The molecule has 0 amide bonds. The summed E-state index contributed by atoms with van der Waals surface area (Å²) >= 11 is 0.